The Labute approximate surface area is 137 Å². The lowest BCUT2D eigenvalue weighted by Gasteiger charge is -2.34. The third-order valence-corrected chi connectivity index (χ3v) is 4.05. The Morgan fingerprint density at radius 2 is 2.05 bits per heavy atom. The van der Waals surface area contributed by atoms with Crippen LogP contribution >= 0.6 is 28.3 Å². The Morgan fingerprint density at radius 3 is 2.57 bits per heavy atom. The minimum atomic E-state index is -0.860. The molecule has 21 heavy (non-hydrogen) atoms. The van der Waals surface area contributed by atoms with E-state index in [1.165, 1.54) is 0 Å². The fourth-order valence-electron chi connectivity index (χ4n) is 2.41. The molecular weight excluding hydrogens is 366 g/mol. The molecule has 2 rings (SSSR count). The highest BCUT2D eigenvalue weighted by molar-refractivity contribution is 9.10. The van der Waals surface area contributed by atoms with Crippen LogP contribution in [0.25, 0.3) is 0 Å². The normalized spacial score (nSPS) is 21.5. The molecule has 0 aromatic heterocycles. The van der Waals surface area contributed by atoms with Gasteiger partial charge in [0.15, 0.2) is 0 Å². The van der Waals surface area contributed by atoms with Gasteiger partial charge < -0.3 is 10.6 Å². The van der Waals surface area contributed by atoms with Crippen molar-refractivity contribution in [3.63, 3.8) is 0 Å². The number of nitrogens with one attached hydrogen (secondary N) is 2. The van der Waals surface area contributed by atoms with Crippen LogP contribution in [-0.4, -0.2) is 25.5 Å². The first-order valence-corrected chi connectivity index (χ1v) is 7.34. The van der Waals surface area contributed by atoms with Crippen LogP contribution in [-0.2, 0) is 0 Å². The van der Waals surface area contributed by atoms with Gasteiger partial charge in [0.25, 0.3) is 5.91 Å². The molecule has 1 aliphatic rings. The number of halogens is 4. The van der Waals surface area contributed by atoms with E-state index in [0.29, 0.717) is 6.54 Å². The Morgan fingerprint density at radius 1 is 1.43 bits per heavy atom. The SMILES string of the molecule is CC1(CNC(=O)c2c(F)cc(Br)cc2F)CCCNC1.Cl. The van der Waals surface area contributed by atoms with E-state index in [-0.39, 0.29) is 22.3 Å². The summed E-state index contributed by atoms with van der Waals surface area (Å²) in [6.07, 6.45) is 2.01. The number of rotatable bonds is 3. The third-order valence-electron chi connectivity index (χ3n) is 3.60. The molecule has 1 heterocycles. The number of carbonyl (C=O) groups excluding carboxylic acids is 1. The number of hydrogen-bond acceptors (Lipinski definition) is 2. The first-order chi connectivity index (χ1) is 9.41. The van der Waals surface area contributed by atoms with Gasteiger partial charge in [-0.2, -0.15) is 0 Å². The van der Waals surface area contributed by atoms with Gasteiger partial charge in [-0.3, -0.25) is 4.79 Å². The van der Waals surface area contributed by atoms with E-state index in [9.17, 15) is 13.6 Å². The fourth-order valence-corrected chi connectivity index (χ4v) is 2.81. The second-order valence-corrected chi connectivity index (χ2v) is 6.43. The molecule has 1 aliphatic heterocycles. The molecule has 118 valence electrons. The van der Waals surface area contributed by atoms with Gasteiger partial charge in [0, 0.05) is 17.6 Å². The molecule has 2 N–H and O–H groups in total. The molecule has 0 bridgehead atoms. The van der Waals surface area contributed by atoms with Gasteiger partial charge in [0.1, 0.15) is 17.2 Å². The highest BCUT2D eigenvalue weighted by atomic mass is 79.9. The summed E-state index contributed by atoms with van der Waals surface area (Å²) in [4.78, 5) is 12.0. The number of hydrogen-bond donors (Lipinski definition) is 2. The highest BCUT2D eigenvalue weighted by Crippen LogP contribution is 2.25. The third kappa shape index (κ3) is 4.63. The van der Waals surface area contributed by atoms with E-state index in [0.717, 1.165) is 38.1 Å². The van der Waals surface area contributed by atoms with E-state index in [2.05, 4.69) is 26.6 Å². The molecule has 0 saturated carbocycles. The zero-order valence-corrected chi connectivity index (χ0v) is 14.0. The van der Waals surface area contributed by atoms with Crippen molar-refractivity contribution in [3.8, 4) is 0 Å². The zero-order chi connectivity index (χ0) is 14.8. The van der Waals surface area contributed by atoms with Crippen molar-refractivity contribution in [3.05, 3.63) is 33.8 Å². The van der Waals surface area contributed by atoms with Crippen molar-refractivity contribution in [1.82, 2.24) is 10.6 Å². The molecule has 1 saturated heterocycles. The van der Waals surface area contributed by atoms with Crippen LogP contribution in [0.1, 0.15) is 30.1 Å². The molecule has 0 radical (unpaired) electrons. The van der Waals surface area contributed by atoms with E-state index in [1.807, 2.05) is 6.92 Å². The van der Waals surface area contributed by atoms with Crippen LogP contribution in [0.15, 0.2) is 16.6 Å². The molecule has 1 aromatic carbocycles. The van der Waals surface area contributed by atoms with Crippen LogP contribution in [0.4, 0.5) is 8.78 Å². The Balaban J connectivity index is 0.00000220. The molecule has 1 amide bonds. The summed E-state index contributed by atoms with van der Waals surface area (Å²) in [6, 6.07) is 2.17. The lowest BCUT2D eigenvalue weighted by molar-refractivity contribution is 0.0916. The van der Waals surface area contributed by atoms with Crippen LogP contribution in [0.5, 0.6) is 0 Å². The lowest BCUT2D eigenvalue weighted by Crippen LogP contribution is -2.45. The summed E-state index contributed by atoms with van der Waals surface area (Å²) in [5.74, 6) is -2.43. The Kier molecular flexibility index (Phi) is 6.56. The van der Waals surface area contributed by atoms with Crippen molar-refractivity contribution >= 4 is 34.2 Å². The minimum absolute atomic E-state index is 0. The smallest absolute Gasteiger partial charge is 0.257 e. The van der Waals surface area contributed by atoms with Crippen molar-refractivity contribution in [2.24, 2.45) is 5.41 Å². The summed E-state index contributed by atoms with van der Waals surface area (Å²) in [5, 5.41) is 5.90. The summed E-state index contributed by atoms with van der Waals surface area (Å²) >= 11 is 2.99. The zero-order valence-electron chi connectivity index (χ0n) is 11.6. The summed E-state index contributed by atoms with van der Waals surface area (Å²) in [6.45, 7) is 4.21. The van der Waals surface area contributed by atoms with Crippen LogP contribution in [0.3, 0.4) is 0 Å². The molecule has 0 spiro atoms. The second kappa shape index (κ2) is 7.51. The van der Waals surface area contributed by atoms with Gasteiger partial charge >= 0.3 is 0 Å². The van der Waals surface area contributed by atoms with E-state index in [4.69, 9.17) is 0 Å². The van der Waals surface area contributed by atoms with Gasteiger partial charge in [0.05, 0.1) is 0 Å². The average Bonchev–Trinajstić information content (AvgIpc) is 2.36. The first kappa shape index (κ1) is 18.3. The van der Waals surface area contributed by atoms with E-state index < -0.39 is 23.1 Å². The molecule has 1 unspecified atom stereocenters. The Bertz CT molecular complexity index is 499. The van der Waals surface area contributed by atoms with Crippen LogP contribution in [0.2, 0.25) is 0 Å². The van der Waals surface area contributed by atoms with Crippen molar-refractivity contribution in [1.29, 1.82) is 0 Å². The van der Waals surface area contributed by atoms with Gasteiger partial charge in [-0.05, 0) is 36.9 Å². The fraction of sp³-hybridized carbons (Fsp3) is 0.500. The van der Waals surface area contributed by atoms with E-state index in [1.54, 1.807) is 0 Å². The number of carbonyl (C=O) groups is 1. The molecule has 1 aromatic rings. The highest BCUT2D eigenvalue weighted by Gasteiger charge is 2.28. The standard InChI is InChI=1S/C14H17BrF2N2O.ClH/c1-14(3-2-4-18-7-14)8-19-13(20)12-10(16)5-9(15)6-11(12)17;/h5-6,18H,2-4,7-8H2,1H3,(H,19,20);1H. The molecule has 7 heteroatoms. The monoisotopic (exact) mass is 382 g/mol. The molecule has 0 aliphatic carbocycles. The second-order valence-electron chi connectivity index (χ2n) is 5.52. The summed E-state index contributed by atoms with van der Waals surface area (Å²) in [7, 11) is 0. The molecule has 1 fully saturated rings. The van der Waals surface area contributed by atoms with Crippen molar-refractivity contribution in [2.75, 3.05) is 19.6 Å². The predicted octanol–water partition coefficient (Wildman–Crippen LogP) is 3.27. The van der Waals surface area contributed by atoms with Crippen molar-refractivity contribution in [2.45, 2.75) is 19.8 Å². The summed E-state index contributed by atoms with van der Waals surface area (Å²) < 4.78 is 27.6. The van der Waals surface area contributed by atoms with Gasteiger partial charge in [0.2, 0.25) is 0 Å². The first-order valence-electron chi connectivity index (χ1n) is 6.55. The maximum absolute atomic E-state index is 13.7. The van der Waals surface area contributed by atoms with Crippen molar-refractivity contribution < 1.29 is 13.6 Å². The molecule has 1 atom stereocenters. The largest absolute Gasteiger partial charge is 0.351 e. The quantitative estimate of drug-likeness (QED) is 0.841. The van der Waals surface area contributed by atoms with Gasteiger partial charge in [-0.15, -0.1) is 12.4 Å². The van der Waals surface area contributed by atoms with Gasteiger partial charge in [-0.1, -0.05) is 22.9 Å². The molecule has 3 nitrogen and oxygen atoms in total. The maximum Gasteiger partial charge on any atom is 0.257 e. The maximum atomic E-state index is 13.7. The predicted molar refractivity (Wildman–Crippen MR) is 83.8 cm³/mol. The topological polar surface area (TPSA) is 41.1 Å². The van der Waals surface area contributed by atoms with Crippen LogP contribution in [0, 0.1) is 17.0 Å². The molecular formula is C14H18BrClF2N2O. The Hall–Kier alpha value is -0.720. The van der Waals surface area contributed by atoms with Gasteiger partial charge in [-0.25, -0.2) is 8.78 Å². The number of piperidine rings is 1. The van der Waals surface area contributed by atoms with E-state index >= 15 is 0 Å². The van der Waals surface area contributed by atoms with Crippen LogP contribution < -0.4 is 10.6 Å². The number of amides is 1. The minimum Gasteiger partial charge on any atom is -0.351 e. The average molecular weight is 384 g/mol. The number of benzene rings is 1. The summed E-state index contributed by atoms with van der Waals surface area (Å²) in [5.41, 5.74) is -0.600. The lowest BCUT2D eigenvalue weighted by atomic mass is 9.83.